The van der Waals surface area contributed by atoms with Crippen LogP contribution >= 0.6 is 0 Å². The highest BCUT2D eigenvalue weighted by Crippen LogP contribution is 2.44. The summed E-state index contributed by atoms with van der Waals surface area (Å²) in [5, 5.41) is 0. The van der Waals surface area contributed by atoms with Crippen molar-refractivity contribution in [1.29, 1.82) is 0 Å². The smallest absolute Gasteiger partial charge is 0.147 e. The van der Waals surface area contributed by atoms with Crippen LogP contribution in [0.1, 0.15) is 71.1 Å². The molecular weight excluding hydrogens is 224 g/mol. The molecule has 2 aliphatic rings. The van der Waals surface area contributed by atoms with Gasteiger partial charge in [0.1, 0.15) is 6.79 Å². The molecular formula is C16H30O2. The van der Waals surface area contributed by atoms with Crippen LogP contribution in [0, 0.1) is 11.8 Å². The first-order valence-corrected chi connectivity index (χ1v) is 7.90. The van der Waals surface area contributed by atoms with Gasteiger partial charge < -0.3 is 9.47 Å². The lowest BCUT2D eigenvalue weighted by Gasteiger charge is -2.46. The van der Waals surface area contributed by atoms with Gasteiger partial charge in [-0.1, -0.05) is 38.5 Å². The predicted octanol–water partition coefficient (Wildman–Crippen LogP) is 4.53. The van der Waals surface area contributed by atoms with Gasteiger partial charge in [-0.25, -0.2) is 0 Å². The summed E-state index contributed by atoms with van der Waals surface area (Å²) in [6, 6.07) is 0. The quantitative estimate of drug-likeness (QED) is 0.671. The molecule has 0 spiro atoms. The molecule has 0 radical (unpaired) electrons. The monoisotopic (exact) mass is 254 g/mol. The third-order valence-corrected chi connectivity index (χ3v) is 5.32. The van der Waals surface area contributed by atoms with Gasteiger partial charge in [-0.3, -0.25) is 0 Å². The first kappa shape index (κ1) is 14.3. The molecule has 0 bridgehead atoms. The molecule has 18 heavy (non-hydrogen) atoms. The maximum atomic E-state index is 6.24. The molecule has 0 atom stereocenters. The summed E-state index contributed by atoms with van der Waals surface area (Å²) >= 11 is 0. The van der Waals surface area contributed by atoms with E-state index in [9.17, 15) is 0 Å². The van der Waals surface area contributed by atoms with Crippen molar-refractivity contribution in [2.75, 3.05) is 13.9 Å². The highest BCUT2D eigenvalue weighted by Gasteiger charge is 2.42. The van der Waals surface area contributed by atoms with Crippen LogP contribution in [0.15, 0.2) is 0 Å². The normalized spacial score (nSPS) is 24.3. The van der Waals surface area contributed by atoms with Gasteiger partial charge in [0.2, 0.25) is 0 Å². The summed E-state index contributed by atoms with van der Waals surface area (Å²) in [6.07, 6.45) is 13.8. The van der Waals surface area contributed by atoms with Crippen LogP contribution in [0.3, 0.4) is 0 Å². The number of hydrogen-bond acceptors (Lipinski definition) is 2. The van der Waals surface area contributed by atoms with Gasteiger partial charge in [0.25, 0.3) is 0 Å². The Bertz CT molecular complexity index is 209. The second kappa shape index (κ2) is 6.91. The van der Waals surface area contributed by atoms with Crippen LogP contribution in [0.25, 0.3) is 0 Å². The van der Waals surface area contributed by atoms with E-state index in [-0.39, 0.29) is 5.60 Å². The van der Waals surface area contributed by atoms with Crippen molar-refractivity contribution < 1.29 is 9.47 Å². The molecule has 2 fully saturated rings. The Morgan fingerprint density at radius 3 is 1.67 bits per heavy atom. The highest BCUT2D eigenvalue weighted by molar-refractivity contribution is 4.93. The summed E-state index contributed by atoms with van der Waals surface area (Å²) < 4.78 is 11.4. The van der Waals surface area contributed by atoms with Crippen molar-refractivity contribution >= 4 is 0 Å². The fourth-order valence-electron chi connectivity index (χ4n) is 4.11. The van der Waals surface area contributed by atoms with Gasteiger partial charge in [0, 0.05) is 7.11 Å². The minimum Gasteiger partial charge on any atom is -0.359 e. The summed E-state index contributed by atoms with van der Waals surface area (Å²) in [4.78, 5) is 0. The number of methoxy groups -OCH3 is 1. The fraction of sp³-hybridized carbons (Fsp3) is 1.00. The largest absolute Gasteiger partial charge is 0.359 e. The summed E-state index contributed by atoms with van der Waals surface area (Å²) in [5.74, 6) is 1.51. The maximum absolute atomic E-state index is 6.24. The molecule has 2 heteroatoms. The Hall–Kier alpha value is -0.0800. The summed E-state index contributed by atoms with van der Waals surface area (Å²) in [5.41, 5.74) is 0.0663. The topological polar surface area (TPSA) is 18.5 Å². The summed E-state index contributed by atoms with van der Waals surface area (Å²) in [7, 11) is 1.74. The molecule has 0 aromatic rings. The zero-order valence-corrected chi connectivity index (χ0v) is 12.2. The van der Waals surface area contributed by atoms with Crippen LogP contribution in [0.4, 0.5) is 0 Å². The number of hydrogen-bond donors (Lipinski definition) is 0. The minimum atomic E-state index is 0.0663. The zero-order valence-electron chi connectivity index (χ0n) is 12.2. The van der Waals surface area contributed by atoms with E-state index in [1.165, 1.54) is 64.2 Å². The summed E-state index contributed by atoms with van der Waals surface area (Å²) in [6.45, 7) is 2.83. The maximum Gasteiger partial charge on any atom is 0.147 e. The van der Waals surface area contributed by atoms with E-state index < -0.39 is 0 Å². The molecule has 0 aromatic carbocycles. The molecule has 0 N–H and O–H groups in total. The van der Waals surface area contributed by atoms with Gasteiger partial charge in [-0.2, -0.15) is 0 Å². The van der Waals surface area contributed by atoms with Crippen LogP contribution in [0.2, 0.25) is 0 Å². The molecule has 2 nitrogen and oxygen atoms in total. The van der Waals surface area contributed by atoms with E-state index >= 15 is 0 Å². The third kappa shape index (κ3) is 3.27. The lowest BCUT2D eigenvalue weighted by molar-refractivity contribution is -0.183. The molecule has 0 unspecified atom stereocenters. The first-order chi connectivity index (χ1) is 8.77. The molecule has 2 saturated carbocycles. The van der Waals surface area contributed by atoms with E-state index in [1.54, 1.807) is 7.11 Å². The minimum absolute atomic E-state index is 0.0663. The first-order valence-electron chi connectivity index (χ1n) is 7.90. The van der Waals surface area contributed by atoms with Gasteiger partial charge in [-0.15, -0.1) is 0 Å². The molecule has 0 aromatic heterocycles. The Morgan fingerprint density at radius 2 is 1.28 bits per heavy atom. The van der Waals surface area contributed by atoms with Crippen LogP contribution in [-0.4, -0.2) is 19.5 Å². The molecule has 0 saturated heterocycles. The van der Waals surface area contributed by atoms with E-state index in [0.717, 1.165) is 11.8 Å². The van der Waals surface area contributed by atoms with Gasteiger partial charge in [-0.05, 0) is 44.4 Å². The average Bonchev–Trinajstić information content (AvgIpc) is 2.46. The predicted molar refractivity (Wildman–Crippen MR) is 74.5 cm³/mol. The molecule has 106 valence electrons. The lowest BCUT2D eigenvalue weighted by Crippen LogP contribution is -2.47. The Labute approximate surface area is 112 Å². The van der Waals surface area contributed by atoms with Crippen molar-refractivity contribution in [3.8, 4) is 0 Å². The Kier molecular flexibility index (Phi) is 5.50. The highest BCUT2D eigenvalue weighted by atomic mass is 16.7. The number of ether oxygens (including phenoxy) is 2. The SMILES string of the molecule is COCOC(C)(C1CCCCC1)C1CCCCC1. The van der Waals surface area contributed by atoms with Crippen molar-refractivity contribution in [3.63, 3.8) is 0 Å². The van der Waals surface area contributed by atoms with Gasteiger partial charge in [0.15, 0.2) is 0 Å². The molecule has 2 rings (SSSR count). The van der Waals surface area contributed by atoms with E-state index in [4.69, 9.17) is 9.47 Å². The van der Waals surface area contributed by atoms with E-state index in [2.05, 4.69) is 6.92 Å². The fourth-order valence-corrected chi connectivity index (χ4v) is 4.11. The van der Waals surface area contributed by atoms with Crippen LogP contribution in [0.5, 0.6) is 0 Å². The lowest BCUT2D eigenvalue weighted by atomic mass is 9.67. The third-order valence-electron chi connectivity index (χ3n) is 5.32. The average molecular weight is 254 g/mol. The van der Waals surface area contributed by atoms with Crippen molar-refractivity contribution in [2.45, 2.75) is 76.7 Å². The van der Waals surface area contributed by atoms with Crippen molar-refractivity contribution in [2.24, 2.45) is 11.8 Å². The molecule has 0 aliphatic heterocycles. The Balaban J connectivity index is 2.04. The van der Waals surface area contributed by atoms with Gasteiger partial charge >= 0.3 is 0 Å². The van der Waals surface area contributed by atoms with E-state index in [1.807, 2.05) is 0 Å². The zero-order chi connectivity index (χ0) is 12.8. The van der Waals surface area contributed by atoms with E-state index in [0.29, 0.717) is 6.79 Å². The van der Waals surface area contributed by atoms with Gasteiger partial charge in [0.05, 0.1) is 5.60 Å². The second-order valence-electron chi connectivity index (χ2n) is 6.40. The van der Waals surface area contributed by atoms with Crippen LogP contribution < -0.4 is 0 Å². The van der Waals surface area contributed by atoms with Crippen molar-refractivity contribution in [3.05, 3.63) is 0 Å². The Morgan fingerprint density at radius 1 is 0.833 bits per heavy atom. The molecule has 2 aliphatic carbocycles. The van der Waals surface area contributed by atoms with Crippen LogP contribution in [-0.2, 0) is 9.47 Å². The molecule has 0 heterocycles. The van der Waals surface area contributed by atoms with Crippen molar-refractivity contribution in [1.82, 2.24) is 0 Å². The standard InChI is InChI=1S/C16H30O2/c1-16(18-13-17-2,14-9-5-3-6-10-14)15-11-7-4-8-12-15/h14-15H,3-13H2,1-2H3. The number of rotatable bonds is 5. The second-order valence-corrected chi connectivity index (χ2v) is 6.40. The molecule has 0 amide bonds.